The summed E-state index contributed by atoms with van der Waals surface area (Å²) in [7, 11) is 0. The van der Waals surface area contributed by atoms with E-state index in [-0.39, 0.29) is 12.2 Å². The van der Waals surface area contributed by atoms with Crippen LogP contribution in [0.3, 0.4) is 0 Å². The van der Waals surface area contributed by atoms with Crippen LogP contribution in [0.2, 0.25) is 0 Å². The molecule has 0 amide bonds. The molecule has 0 aliphatic carbocycles. The Bertz CT molecular complexity index is 1030. The SMILES string of the molecule is CC(C)(C(=O)O)c1cc(-c2ccccc2)cc(OCc2ccccc2)c1C(F)(F)F. The number of aliphatic carboxylic acids is 1. The molecule has 0 aromatic heterocycles. The second-order valence-corrected chi connectivity index (χ2v) is 7.47. The van der Waals surface area contributed by atoms with Crippen LogP contribution in [0.4, 0.5) is 13.2 Å². The van der Waals surface area contributed by atoms with Gasteiger partial charge < -0.3 is 9.84 Å². The van der Waals surface area contributed by atoms with Crippen molar-refractivity contribution in [3.8, 4) is 16.9 Å². The van der Waals surface area contributed by atoms with Crippen LogP contribution in [0.5, 0.6) is 5.75 Å². The van der Waals surface area contributed by atoms with E-state index in [0.717, 1.165) is 0 Å². The topological polar surface area (TPSA) is 46.5 Å². The van der Waals surface area contributed by atoms with E-state index < -0.39 is 28.9 Å². The molecule has 0 saturated carbocycles. The molecule has 0 aliphatic rings. The molecule has 30 heavy (non-hydrogen) atoms. The molecule has 0 atom stereocenters. The van der Waals surface area contributed by atoms with Crippen LogP contribution in [0.1, 0.15) is 30.5 Å². The third-order valence-corrected chi connectivity index (χ3v) is 4.94. The molecule has 3 nitrogen and oxygen atoms in total. The van der Waals surface area contributed by atoms with Crippen molar-refractivity contribution in [3.05, 3.63) is 89.5 Å². The molecule has 3 rings (SSSR count). The Hall–Kier alpha value is -3.28. The van der Waals surface area contributed by atoms with Gasteiger partial charge in [-0.15, -0.1) is 0 Å². The van der Waals surface area contributed by atoms with E-state index in [0.29, 0.717) is 16.7 Å². The average Bonchev–Trinajstić information content (AvgIpc) is 2.72. The predicted molar refractivity (Wildman–Crippen MR) is 108 cm³/mol. The number of halogens is 3. The number of carbonyl (C=O) groups is 1. The van der Waals surface area contributed by atoms with Crippen molar-refractivity contribution in [3.63, 3.8) is 0 Å². The Morgan fingerprint density at radius 1 is 0.900 bits per heavy atom. The fourth-order valence-corrected chi connectivity index (χ4v) is 3.16. The van der Waals surface area contributed by atoms with Gasteiger partial charge in [-0.2, -0.15) is 13.2 Å². The van der Waals surface area contributed by atoms with Crippen molar-refractivity contribution in [2.75, 3.05) is 0 Å². The quantitative estimate of drug-likeness (QED) is 0.514. The van der Waals surface area contributed by atoms with E-state index in [4.69, 9.17) is 4.74 Å². The van der Waals surface area contributed by atoms with Crippen molar-refractivity contribution in [1.29, 1.82) is 0 Å². The summed E-state index contributed by atoms with van der Waals surface area (Å²) in [4.78, 5) is 11.8. The number of hydrogen-bond acceptors (Lipinski definition) is 2. The highest BCUT2D eigenvalue weighted by Crippen LogP contribution is 2.45. The van der Waals surface area contributed by atoms with Gasteiger partial charge in [0.05, 0.1) is 5.41 Å². The largest absolute Gasteiger partial charge is 0.488 e. The molecule has 0 unspecified atom stereocenters. The number of ether oxygens (including phenoxy) is 1. The number of rotatable bonds is 6. The zero-order valence-electron chi connectivity index (χ0n) is 16.5. The van der Waals surface area contributed by atoms with Crippen molar-refractivity contribution in [2.24, 2.45) is 0 Å². The number of alkyl halides is 3. The molecule has 0 aliphatic heterocycles. The molecule has 0 radical (unpaired) electrons. The van der Waals surface area contributed by atoms with E-state index in [1.54, 1.807) is 60.7 Å². The van der Waals surface area contributed by atoms with Crippen molar-refractivity contribution in [2.45, 2.75) is 32.0 Å². The lowest BCUT2D eigenvalue weighted by atomic mass is 9.79. The summed E-state index contributed by atoms with van der Waals surface area (Å²) >= 11 is 0. The number of carboxylic acids is 1. The number of hydrogen-bond donors (Lipinski definition) is 1. The summed E-state index contributed by atoms with van der Waals surface area (Å²) < 4.78 is 47.9. The molecule has 156 valence electrons. The fraction of sp³-hybridized carbons (Fsp3) is 0.208. The van der Waals surface area contributed by atoms with Crippen LogP contribution < -0.4 is 4.74 Å². The third kappa shape index (κ3) is 4.48. The van der Waals surface area contributed by atoms with E-state index in [1.165, 1.54) is 26.0 Å². The fourth-order valence-electron chi connectivity index (χ4n) is 3.16. The number of carboxylic acid groups (broad SMARTS) is 1. The standard InChI is InChI=1S/C24H21F3O3/c1-23(2,22(28)29)19-13-18(17-11-7-4-8-12-17)14-20(21(19)24(25,26)27)30-15-16-9-5-3-6-10-16/h3-14H,15H2,1-2H3,(H,28,29). The molecule has 0 bridgehead atoms. The average molecular weight is 414 g/mol. The van der Waals surface area contributed by atoms with Crippen LogP contribution in [0, 0.1) is 0 Å². The first-order valence-electron chi connectivity index (χ1n) is 9.32. The zero-order chi connectivity index (χ0) is 21.9. The maximum Gasteiger partial charge on any atom is 0.420 e. The molecular weight excluding hydrogens is 393 g/mol. The lowest BCUT2D eigenvalue weighted by molar-refractivity contribution is -0.145. The Morgan fingerprint density at radius 2 is 1.47 bits per heavy atom. The molecule has 3 aromatic rings. The first kappa shape index (κ1) is 21.4. The third-order valence-electron chi connectivity index (χ3n) is 4.94. The summed E-state index contributed by atoms with van der Waals surface area (Å²) in [5, 5.41) is 9.64. The smallest absolute Gasteiger partial charge is 0.420 e. The van der Waals surface area contributed by atoms with Gasteiger partial charge in [0.1, 0.15) is 17.9 Å². The van der Waals surface area contributed by atoms with Crippen molar-refractivity contribution < 1.29 is 27.8 Å². The highest BCUT2D eigenvalue weighted by atomic mass is 19.4. The van der Waals surface area contributed by atoms with Gasteiger partial charge in [0.2, 0.25) is 0 Å². The van der Waals surface area contributed by atoms with Gasteiger partial charge >= 0.3 is 12.1 Å². The van der Waals surface area contributed by atoms with Crippen LogP contribution in [0.15, 0.2) is 72.8 Å². The maximum atomic E-state index is 14.1. The highest BCUT2D eigenvalue weighted by Gasteiger charge is 2.44. The maximum absolute atomic E-state index is 14.1. The molecular formula is C24H21F3O3. The van der Waals surface area contributed by atoms with Gasteiger partial charge in [-0.1, -0.05) is 60.7 Å². The van der Waals surface area contributed by atoms with Gasteiger partial charge in [-0.3, -0.25) is 4.79 Å². The molecule has 3 aromatic carbocycles. The van der Waals surface area contributed by atoms with E-state index in [2.05, 4.69) is 0 Å². The minimum absolute atomic E-state index is 0.0743. The lowest BCUT2D eigenvalue weighted by Gasteiger charge is -2.27. The lowest BCUT2D eigenvalue weighted by Crippen LogP contribution is -2.32. The zero-order valence-corrected chi connectivity index (χ0v) is 16.5. The Labute approximate surface area is 172 Å². The van der Waals surface area contributed by atoms with Gasteiger partial charge in [0.15, 0.2) is 0 Å². The van der Waals surface area contributed by atoms with Gasteiger partial charge in [0.25, 0.3) is 0 Å². The second kappa shape index (κ2) is 8.22. The normalized spacial score (nSPS) is 11.9. The minimum Gasteiger partial charge on any atom is -0.488 e. The summed E-state index contributed by atoms with van der Waals surface area (Å²) in [6, 6.07) is 20.3. The summed E-state index contributed by atoms with van der Waals surface area (Å²) in [5.41, 5.74) is -1.36. The minimum atomic E-state index is -4.79. The summed E-state index contributed by atoms with van der Waals surface area (Å²) in [5.74, 6) is -1.75. The highest BCUT2D eigenvalue weighted by molar-refractivity contribution is 5.83. The van der Waals surface area contributed by atoms with E-state index in [9.17, 15) is 23.1 Å². The first-order chi connectivity index (χ1) is 14.1. The Kier molecular flexibility index (Phi) is 5.87. The molecule has 0 heterocycles. The first-order valence-corrected chi connectivity index (χ1v) is 9.32. The van der Waals surface area contributed by atoms with E-state index >= 15 is 0 Å². The molecule has 0 spiro atoms. The molecule has 0 saturated heterocycles. The van der Waals surface area contributed by atoms with Gasteiger partial charge in [-0.05, 0) is 48.2 Å². The molecule has 1 N–H and O–H groups in total. The van der Waals surface area contributed by atoms with Gasteiger partial charge in [0, 0.05) is 0 Å². The van der Waals surface area contributed by atoms with Crippen molar-refractivity contribution in [1.82, 2.24) is 0 Å². The Balaban J connectivity index is 2.22. The molecule has 6 heteroatoms. The van der Waals surface area contributed by atoms with E-state index in [1.807, 2.05) is 0 Å². The monoisotopic (exact) mass is 414 g/mol. The Morgan fingerprint density at radius 3 is 2.00 bits per heavy atom. The summed E-state index contributed by atoms with van der Waals surface area (Å²) in [6.45, 7) is 2.44. The van der Waals surface area contributed by atoms with Crippen LogP contribution >= 0.6 is 0 Å². The van der Waals surface area contributed by atoms with Crippen molar-refractivity contribution >= 4 is 5.97 Å². The second-order valence-electron chi connectivity index (χ2n) is 7.47. The predicted octanol–water partition coefficient (Wildman–Crippen LogP) is 6.31. The van der Waals surface area contributed by atoms with Gasteiger partial charge in [-0.25, -0.2) is 0 Å². The van der Waals surface area contributed by atoms with Crippen LogP contribution in [-0.2, 0) is 23.0 Å². The molecule has 0 fully saturated rings. The number of benzene rings is 3. The van der Waals surface area contributed by atoms with Crippen LogP contribution in [0.25, 0.3) is 11.1 Å². The van der Waals surface area contributed by atoms with Crippen LogP contribution in [-0.4, -0.2) is 11.1 Å². The summed E-state index contributed by atoms with van der Waals surface area (Å²) in [6.07, 6.45) is -4.79.